The van der Waals surface area contributed by atoms with Crippen molar-refractivity contribution in [2.75, 3.05) is 0 Å². The van der Waals surface area contributed by atoms with Gasteiger partial charge in [-0.3, -0.25) is 0 Å². The van der Waals surface area contributed by atoms with E-state index in [1.165, 1.54) is 0 Å². The Morgan fingerprint density at radius 3 is 1.17 bits per heavy atom. The summed E-state index contributed by atoms with van der Waals surface area (Å²) in [5.74, 6) is 0. The molecule has 0 saturated heterocycles. The van der Waals surface area contributed by atoms with Crippen molar-refractivity contribution in [1.29, 1.82) is 0 Å². The molecule has 3 aromatic rings. The molecule has 0 unspecified atom stereocenters. The van der Waals surface area contributed by atoms with Crippen LogP contribution in [-0.4, -0.2) is 6.47 Å². The molecule has 0 aliphatic carbocycles. The van der Waals surface area contributed by atoms with Gasteiger partial charge in [0.05, 0.1) is 0 Å². The van der Waals surface area contributed by atoms with Gasteiger partial charge in [0, 0.05) is 0 Å². The molecule has 0 amide bonds. The molecule has 0 N–H and O–H groups in total. The molecule has 4 heteroatoms. The summed E-state index contributed by atoms with van der Waals surface area (Å²) in [4.78, 5) is 11.2. The Balaban J connectivity index is 0.00000192. The van der Waals surface area contributed by atoms with Crippen molar-refractivity contribution in [3.8, 4) is 0 Å². The maximum absolute atomic E-state index is 11.2. The van der Waals surface area contributed by atoms with E-state index in [-0.39, 0.29) is 19.5 Å². The predicted molar refractivity (Wildman–Crippen MR) is 91.9 cm³/mol. The van der Waals surface area contributed by atoms with E-state index in [4.69, 9.17) is 4.52 Å². The van der Waals surface area contributed by atoms with E-state index in [2.05, 4.69) is 0 Å². The Kier molecular flexibility index (Phi) is 6.22. The van der Waals surface area contributed by atoms with Crippen LogP contribution in [0, 0.1) is 0 Å². The van der Waals surface area contributed by atoms with Crippen LogP contribution >= 0.6 is 7.49 Å². The second kappa shape index (κ2) is 8.15. The van der Waals surface area contributed by atoms with Gasteiger partial charge in [0.2, 0.25) is 7.49 Å². The van der Waals surface area contributed by atoms with Crippen LogP contribution in [0.1, 0.15) is 0 Å². The van der Waals surface area contributed by atoms with Gasteiger partial charge in [0.25, 0.3) is 0 Å². The quantitative estimate of drug-likeness (QED) is 0.369. The van der Waals surface area contributed by atoms with E-state index in [1.807, 2.05) is 91.0 Å². The molecule has 0 saturated carbocycles. The molecule has 115 valence electrons. The summed E-state index contributed by atoms with van der Waals surface area (Å²) in [7, 11) is -2.48. The Morgan fingerprint density at radius 1 is 0.609 bits per heavy atom. The zero-order valence-electron chi connectivity index (χ0n) is 12.3. The number of hydrogen-bond donors (Lipinski definition) is 0. The summed E-state index contributed by atoms with van der Waals surface area (Å²) in [6.07, 6.45) is 0. The van der Waals surface area contributed by atoms with E-state index in [1.54, 1.807) is 6.47 Å². The molecule has 0 atom stereocenters. The van der Waals surface area contributed by atoms with Crippen LogP contribution in [0.15, 0.2) is 91.0 Å². The maximum atomic E-state index is 11.2. The van der Waals surface area contributed by atoms with E-state index < -0.39 is 7.49 Å². The van der Waals surface area contributed by atoms with Crippen LogP contribution in [0.3, 0.4) is 0 Å². The smallest absolute Gasteiger partial charge is 0.494 e. The molecule has 3 rings (SSSR count). The van der Waals surface area contributed by atoms with Crippen LogP contribution in [0.25, 0.3) is 0 Å². The van der Waals surface area contributed by atoms with Crippen LogP contribution in [0.4, 0.5) is 0 Å². The summed E-state index contributed by atoms with van der Waals surface area (Å²) in [5.41, 5.74) is 0. The Morgan fingerprint density at radius 2 is 0.913 bits per heavy atom. The van der Waals surface area contributed by atoms with Gasteiger partial charge >= 0.3 is 19.5 Å². The minimum atomic E-state index is -2.48. The first-order chi connectivity index (χ1) is 10.9. The van der Waals surface area contributed by atoms with Crippen LogP contribution in [0.5, 0.6) is 0 Å². The van der Waals surface area contributed by atoms with E-state index >= 15 is 0 Å². The van der Waals surface area contributed by atoms with Crippen molar-refractivity contribution in [2.45, 2.75) is 0 Å². The van der Waals surface area contributed by atoms with Crippen LogP contribution < -0.4 is 15.9 Å². The molecule has 0 spiro atoms. The Labute approximate surface area is 149 Å². The summed E-state index contributed by atoms with van der Waals surface area (Å²) < 4.78 is 5.69. The maximum Gasteiger partial charge on any atom is 1.00 e. The fourth-order valence-corrected chi connectivity index (χ4v) is 5.67. The monoisotopic (exact) mass is 408 g/mol. The number of benzene rings is 3. The number of carbonyl (C=O) groups excluding carboxylic acids is 1. The first kappa shape index (κ1) is 17.5. The van der Waals surface area contributed by atoms with Gasteiger partial charge in [-0.15, -0.1) is 0 Å². The fourth-order valence-electron chi connectivity index (χ4n) is 2.57. The zero-order valence-corrected chi connectivity index (χ0v) is 14.9. The van der Waals surface area contributed by atoms with Gasteiger partial charge in [-0.05, 0) is 42.9 Å². The van der Waals surface area contributed by atoms with Crippen molar-refractivity contribution in [2.24, 2.45) is 0 Å². The molecule has 0 fully saturated rings. The Hall–Kier alpha value is -1.82. The Bertz CT molecular complexity index is 636. The van der Waals surface area contributed by atoms with Crippen molar-refractivity contribution < 1.29 is 28.8 Å². The van der Waals surface area contributed by atoms with Crippen LogP contribution in [0.2, 0.25) is 0 Å². The molecular weight excluding hydrogens is 392 g/mol. The molecule has 0 aromatic heterocycles. The summed E-state index contributed by atoms with van der Waals surface area (Å²) in [6.45, 7) is 1.70. The third-order valence-electron chi connectivity index (χ3n) is 3.53. The SMILES string of the molecule is O=[C-]O[P+](c1ccccc1)(c1ccccc1)c1ccccc1.[Ru+]. The van der Waals surface area contributed by atoms with Crippen molar-refractivity contribution in [3.63, 3.8) is 0 Å². The normalized spacial score (nSPS) is 10.4. The van der Waals surface area contributed by atoms with Crippen molar-refractivity contribution in [1.82, 2.24) is 0 Å². The molecule has 0 heterocycles. The van der Waals surface area contributed by atoms with Crippen LogP contribution in [-0.2, 0) is 28.8 Å². The van der Waals surface area contributed by atoms with E-state index in [0.717, 1.165) is 15.9 Å². The molecular formula is C19H15O2PRu+. The first-order valence-corrected chi connectivity index (χ1v) is 8.70. The van der Waals surface area contributed by atoms with Gasteiger partial charge in [0.1, 0.15) is 15.9 Å². The minimum Gasteiger partial charge on any atom is -0.494 e. The minimum absolute atomic E-state index is 0. The zero-order chi connectivity index (χ0) is 15.3. The van der Waals surface area contributed by atoms with Gasteiger partial charge < -0.3 is 9.32 Å². The topological polar surface area (TPSA) is 26.3 Å². The summed E-state index contributed by atoms with van der Waals surface area (Å²) in [5, 5.41) is 2.99. The number of rotatable bonds is 5. The standard InChI is InChI=1S/C19H15O2P.Ru/c20-16-21-22(17-10-4-1-5-11-17,18-12-6-2-7-13-18)19-14-8-3-9-15-19;/h1-15H;/q;+1. The number of hydrogen-bond acceptors (Lipinski definition) is 2. The molecule has 0 bridgehead atoms. The second-order valence-corrected chi connectivity index (χ2v) is 7.74. The van der Waals surface area contributed by atoms with Gasteiger partial charge in [0.15, 0.2) is 0 Å². The van der Waals surface area contributed by atoms with Gasteiger partial charge in [-0.1, -0.05) is 54.6 Å². The average molecular weight is 407 g/mol. The van der Waals surface area contributed by atoms with E-state index in [0.29, 0.717) is 0 Å². The molecule has 1 radical (unpaired) electrons. The van der Waals surface area contributed by atoms with Crippen molar-refractivity contribution >= 4 is 29.9 Å². The largest absolute Gasteiger partial charge is 1.00 e. The molecule has 2 nitrogen and oxygen atoms in total. The second-order valence-electron chi connectivity index (χ2n) is 4.79. The molecule has 0 aliphatic heterocycles. The third-order valence-corrected chi connectivity index (χ3v) is 6.96. The van der Waals surface area contributed by atoms with Gasteiger partial charge in [-0.25, -0.2) is 0 Å². The fraction of sp³-hybridized carbons (Fsp3) is 0. The van der Waals surface area contributed by atoms with E-state index in [9.17, 15) is 4.79 Å². The van der Waals surface area contributed by atoms with Gasteiger partial charge in [-0.2, -0.15) is 0 Å². The average Bonchev–Trinajstić information content (AvgIpc) is 2.62. The molecule has 3 aromatic carbocycles. The summed E-state index contributed by atoms with van der Waals surface area (Å²) in [6, 6.07) is 29.7. The van der Waals surface area contributed by atoms with Crippen molar-refractivity contribution in [3.05, 3.63) is 91.0 Å². The molecule has 23 heavy (non-hydrogen) atoms. The summed E-state index contributed by atoms with van der Waals surface area (Å²) >= 11 is 0. The first-order valence-electron chi connectivity index (χ1n) is 6.99. The third kappa shape index (κ3) is 3.42. The molecule has 0 aliphatic rings. The predicted octanol–water partition coefficient (Wildman–Crippen LogP) is 2.98.